The van der Waals surface area contributed by atoms with Crippen LogP contribution in [0.1, 0.15) is 6.92 Å². The maximum atomic E-state index is 9.86. The Morgan fingerprint density at radius 1 is 1.83 bits per heavy atom. The smallest absolute Gasteiger partial charge is 0.0372 e. The summed E-state index contributed by atoms with van der Waals surface area (Å²) in [7, 11) is 0. The third-order valence-corrected chi connectivity index (χ3v) is 0.697. The highest BCUT2D eigenvalue weighted by Gasteiger charge is 1.74. The fourth-order valence-electron chi connectivity index (χ4n) is 0. The highest BCUT2D eigenvalue weighted by molar-refractivity contribution is 7.77. The van der Waals surface area contributed by atoms with E-state index in [1.165, 1.54) is 0 Å². The van der Waals surface area contributed by atoms with Crippen molar-refractivity contribution in [3.8, 4) is 0 Å². The Morgan fingerprint density at radius 3 is 2.00 bits per heavy atom. The minimum absolute atomic E-state index is 0.352. The Kier molecular flexibility index (Phi) is 1.81. The van der Waals surface area contributed by atoms with Crippen LogP contribution in [0.25, 0.3) is 0 Å². The second-order valence-corrected chi connectivity index (χ2v) is 1.44. The topological polar surface area (TPSA) is 17.1 Å². The lowest BCUT2D eigenvalue weighted by molar-refractivity contribution is -0.107. The number of carbonyl (C=O) groups excluding carboxylic acids is 1. The molecule has 0 amide bonds. The van der Waals surface area contributed by atoms with Crippen molar-refractivity contribution in [1.29, 1.82) is 0 Å². The number of rotatable bonds is 1. The van der Waals surface area contributed by atoms with Gasteiger partial charge in [0.25, 0.3) is 0 Å². The van der Waals surface area contributed by atoms with Crippen LogP contribution in [0.5, 0.6) is 0 Å². The Hall–Kier alpha value is -0.370. The van der Waals surface area contributed by atoms with Crippen molar-refractivity contribution in [2.24, 2.45) is 0 Å². The van der Waals surface area contributed by atoms with Crippen LogP contribution in [0.2, 0.25) is 0 Å². The molecule has 0 aromatic carbocycles. The van der Waals surface area contributed by atoms with E-state index >= 15 is 0 Å². The van der Waals surface area contributed by atoms with Gasteiger partial charge in [-0.3, -0.25) is 0 Å². The molecule has 0 aromatic rings. The van der Waals surface area contributed by atoms with E-state index in [-0.39, 0.29) is 5.12 Å². The Labute approximate surface area is 42.5 Å². The van der Waals surface area contributed by atoms with Crippen molar-refractivity contribution in [2.75, 3.05) is 0 Å². The minimum atomic E-state index is -0.352. The van der Waals surface area contributed by atoms with Gasteiger partial charge in [-0.1, -0.05) is 6.58 Å². The third-order valence-electron chi connectivity index (χ3n) is 0.348. The molecular weight excluding hydrogens is 96.1 g/mol. The first-order chi connectivity index (χ1) is 2.64. The maximum absolute atomic E-state index is 9.86. The van der Waals surface area contributed by atoms with Crippen LogP contribution in [0.3, 0.4) is 0 Å². The van der Waals surface area contributed by atoms with E-state index in [0.29, 0.717) is 5.57 Å². The molecule has 0 saturated carbocycles. The zero-order chi connectivity index (χ0) is 5.15. The summed E-state index contributed by atoms with van der Waals surface area (Å²) in [4.78, 5) is 9.86. The van der Waals surface area contributed by atoms with E-state index < -0.39 is 0 Å². The molecule has 0 spiro atoms. The highest BCUT2D eigenvalue weighted by atomic mass is 32.1. The van der Waals surface area contributed by atoms with Gasteiger partial charge in [0.2, 0.25) is 0 Å². The average molecular weight is 101 g/mol. The molecule has 0 fully saturated rings. The third kappa shape index (κ3) is 1.91. The standard InChI is InChI=1S/C4H6OS/c1-3(2)4(5)6/h1H2,2H3,(H,5,6)/p-1. The largest absolute Gasteiger partial charge is 0.737 e. The molecule has 34 valence electrons. The predicted octanol–water partition coefficient (Wildman–Crippen LogP) is 0.636. The molecule has 0 aromatic heterocycles. The van der Waals surface area contributed by atoms with Gasteiger partial charge in [-0.25, -0.2) is 0 Å². The lowest BCUT2D eigenvalue weighted by Gasteiger charge is -1.96. The van der Waals surface area contributed by atoms with Gasteiger partial charge in [-0.15, -0.1) is 0 Å². The SMILES string of the molecule is C=C(C)C(=O)[S-]. The van der Waals surface area contributed by atoms with Crippen molar-refractivity contribution in [1.82, 2.24) is 0 Å². The lowest BCUT2D eigenvalue weighted by Crippen LogP contribution is -1.88. The summed E-state index contributed by atoms with van der Waals surface area (Å²) in [6.45, 7) is 4.89. The molecule has 0 aliphatic rings. The first-order valence-corrected chi connectivity index (χ1v) is 1.92. The summed E-state index contributed by atoms with van der Waals surface area (Å²) in [5.41, 5.74) is 0.435. The summed E-state index contributed by atoms with van der Waals surface area (Å²) < 4.78 is 0. The fourth-order valence-corrected chi connectivity index (χ4v) is 0. The van der Waals surface area contributed by atoms with Gasteiger partial charge in [0, 0.05) is 5.12 Å². The van der Waals surface area contributed by atoms with Crippen LogP contribution in [-0.2, 0) is 17.4 Å². The molecule has 0 rings (SSSR count). The van der Waals surface area contributed by atoms with E-state index in [2.05, 4.69) is 19.2 Å². The zero-order valence-electron chi connectivity index (χ0n) is 3.52. The van der Waals surface area contributed by atoms with Gasteiger partial charge in [0.05, 0.1) is 0 Å². The molecule has 1 nitrogen and oxygen atoms in total. The van der Waals surface area contributed by atoms with Crippen molar-refractivity contribution in [2.45, 2.75) is 6.92 Å². The number of hydrogen-bond acceptors (Lipinski definition) is 2. The van der Waals surface area contributed by atoms with E-state index in [1.807, 2.05) is 0 Å². The molecule has 0 radical (unpaired) electrons. The first kappa shape index (κ1) is 5.63. The molecule has 2 heteroatoms. The predicted molar refractivity (Wildman–Crippen MR) is 27.2 cm³/mol. The molecule has 0 bridgehead atoms. The molecule has 0 saturated heterocycles. The summed E-state index contributed by atoms with van der Waals surface area (Å²) in [6.07, 6.45) is 0. The van der Waals surface area contributed by atoms with E-state index in [4.69, 9.17) is 0 Å². The summed E-state index contributed by atoms with van der Waals surface area (Å²) in [5.74, 6) is 0. The molecule has 6 heavy (non-hydrogen) atoms. The molecule has 0 aliphatic heterocycles. The van der Waals surface area contributed by atoms with Crippen LogP contribution < -0.4 is 0 Å². The molecule has 0 aliphatic carbocycles. The van der Waals surface area contributed by atoms with Crippen LogP contribution >= 0.6 is 0 Å². The molecule has 0 unspecified atom stereocenters. The summed E-state index contributed by atoms with van der Waals surface area (Å²) >= 11 is 4.16. The van der Waals surface area contributed by atoms with Crippen molar-refractivity contribution in [3.05, 3.63) is 12.2 Å². The van der Waals surface area contributed by atoms with Crippen LogP contribution in [0.15, 0.2) is 12.2 Å². The second-order valence-electron chi connectivity index (χ2n) is 1.07. The quantitative estimate of drug-likeness (QED) is 0.356. The molecule has 0 atom stereocenters. The van der Waals surface area contributed by atoms with Gasteiger partial charge in [0.1, 0.15) is 0 Å². The van der Waals surface area contributed by atoms with Gasteiger partial charge < -0.3 is 17.4 Å². The van der Waals surface area contributed by atoms with Crippen molar-refractivity contribution >= 4 is 17.7 Å². The second kappa shape index (κ2) is 1.92. The summed E-state index contributed by atoms with van der Waals surface area (Å²) in [5, 5.41) is -0.352. The van der Waals surface area contributed by atoms with Crippen LogP contribution in [0, 0.1) is 0 Å². The van der Waals surface area contributed by atoms with Crippen LogP contribution in [-0.4, -0.2) is 5.12 Å². The molecule has 0 N–H and O–H groups in total. The highest BCUT2D eigenvalue weighted by Crippen LogP contribution is 1.82. The lowest BCUT2D eigenvalue weighted by atomic mass is 10.4. The van der Waals surface area contributed by atoms with Crippen LogP contribution in [0.4, 0.5) is 0 Å². The Morgan fingerprint density at radius 2 is 2.00 bits per heavy atom. The van der Waals surface area contributed by atoms with Crippen molar-refractivity contribution < 1.29 is 4.79 Å². The van der Waals surface area contributed by atoms with E-state index in [9.17, 15) is 4.79 Å². The zero-order valence-corrected chi connectivity index (χ0v) is 4.34. The number of hydrogen-bond donors (Lipinski definition) is 0. The monoisotopic (exact) mass is 101 g/mol. The van der Waals surface area contributed by atoms with E-state index in [0.717, 1.165) is 0 Å². The van der Waals surface area contributed by atoms with Crippen molar-refractivity contribution in [3.63, 3.8) is 0 Å². The van der Waals surface area contributed by atoms with Gasteiger partial charge in [0.15, 0.2) is 0 Å². The van der Waals surface area contributed by atoms with Gasteiger partial charge in [-0.2, -0.15) is 0 Å². The summed E-state index contributed by atoms with van der Waals surface area (Å²) in [6, 6.07) is 0. The average Bonchev–Trinajstić information content (AvgIpc) is 1.36. The first-order valence-electron chi connectivity index (χ1n) is 1.51. The molecule has 0 heterocycles. The Balaban J connectivity index is 3.57. The van der Waals surface area contributed by atoms with Gasteiger partial charge >= 0.3 is 0 Å². The maximum Gasteiger partial charge on any atom is 0.0372 e. The fraction of sp³-hybridized carbons (Fsp3) is 0.250. The van der Waals surface area contributed by atoms with Gasteiger partial charge in [-0.05, 0) is 12.5 Å². The minimum Gasteiger partial charge on any atom is -0.737 e. The Bertz CT molecular complexity index is 73.5. The van der Waals surface area contributed by atoms with E-state index in [1.54, 1.807) is 6.92 Å². The number of carbonyl (C=O) groups is 1. The normalized spacial score (nSPS) is 7.50. The molecular formula is C4H5OS-.